The summed E-state index contributed by atoms with van der Waals surface area (Å²) in [6, 6.07) is 0. The van der Waals surface area contributed by atoms with Crippen molar-refractivity contribution in [2.75, 3.05) is 7.05 Å². The Hall–Kier alpha value is -0.370. The zero-order valence-corrected chi connectivity index (χ0v) is 9.61. The maximum Gasteiger partial charge on any atom is 0.152 e. The lowest BCUT2D eigenvalue weighted by molar-refractivity contribution is -0.124. The van der Waals surface area contributed by atoms with Crippen molar-refractivity contribution in [1.29, 1.82) is 0 Å². The van der Waals surface area contributed by atoms with Crippen molar-refractivity contribution in [2.24, 2.45) is 5.92 Å². The average molecular weight is 185 g/mol. The summed E-state index contributed by atoms with van der Waals surface area (Å²) in [5.74, 6) is 1.01. The molecule has 0 aliphatic carbocycles. The lowest BCUT2D eigenvalue weighted by Gasteiger charge is -2.22. The van der Waals surface area contributed by atoms with Gasteiger partial charge in [0.1, 0.15) is 0 Å². The molecule has 0 radical (unpaired) electrons. The fourth-order valence-corrected chi connectivity index (χ4v) is 1.12. The molecule has 2 heteroatoms. The van der Waals surface area contributed by atoms with E-state index in [0.29, 0.717) is 18.1 Å². The molecule has 0 saturated carbocycles. The number of hydrogen-bond donors (Lipinski definition) is 1. The molecule has 0 aliphatic rings. The second kappa shape index (κ2) is 5.38. The molecule has 78 valence electrons. The molecule has 0 aromatic carbocycles. The zero-order valence-electron chi connectivity index (χ0n) is 9.61. The van der Waals surface area contributed by atoms with E-state index in [1.165, 1.54) is 0 Å². The van der Waals surface area contributed by atoms with Gasteiger partial charge in [-0.25, -0.2) is 0 Å². The monoisotopic (exact) mass is 185 g/mol. The van der Waals surface area contributed by atoms with Gasteiger partial charge in [0, 0.05) is 6.42 Å². The molecule has 0 bridgehead atoms. The van der Waals surface area contributed by atoms with Crippen molar-refractivity contribution in [3.63, 3.8) is 0 Å². The highest BCUT2D eigenvalue weighted by Crippen LogP contribution is 2.12. The first-order valence-corrected chi connectivity index (χ1v) is 5.12. The summed E-state index contributed by atoms with van der Waals surface area (Å²) < 4.78 is 0. The number of hydrogen-bond acceptors (Lipinski definition) is 2. The van der Waals surface area contributed by atoms with Crippen LogP contribution in [0.4, 0.5) is 0 Å². The predicted molar refractivity (Wildman–Crippen MR) is 56.8 cm³/mol. The van der Waals surface area contributed by atoms with Crippen LogP contribution in [0, 0.1) is 5.92 Å². The molecule has 13 heavy (non-hydrogen) atoms. The highest BCUT2D eigenvalue weighted by Gasteiger charge is 2.23. The highest BCUT2D eigenvalue weighted by atomic mass is 16.1. The van der Waals surface area contributed by atoms with E-state index < -0.39 is 0 Å². The van der Waals surface area contributed by atoms with Crippen LogP contribution >= 0.6 is 0 Å². The molecular weight excluding hydrogens is 162 g/mol. The fraction of sp³-hybridized carbons (Fsp3) is 0.909. The molecule has 0 amide bonds. The SMILES string of the molecule is CNC(C)(C)C(=O)CCCC(C)C. The topological polar surface area (TPSA) is 29.1 Å². The maximum absolute atomic E-state index is 11.6. The normalized spacial score (nSPS) is 12.2. The lowest BCUT2D eigenvalue weighted by atomic mass is 9.94. The molecule has 0 saturated heterocycles. The Kier molecular flexibility index (Phi) is 5.23. The number of likely N-dealkylation sites (N-methyl/N-ethyl adjacent to an activating group) is 1. The van der Waals surface area contributed by atoms with E-state index in [1.54, 1.807) is 0 Å². The van der Waals surface area contributed by atoms with Gasteiger partial charge >= 0.3 is 0 Å². The number of rotatable bonds is 6. The van der Waals surface area contributed by atoms with Crippen LogP contribution in [0.3, 0.4) is 0 Å². The fourth-order valence-electron chi connectivity index (χ4n) is 1.12. The van der Waals surface area contributed by atoms with Crippen LogP contribution in [-0.2, 0) is 4.79 Å². The number of ketones is 1. The first-order valence-electron chi connectivity index (χ1n) is 5.12. The van der Waals surface area contributed by atoms with Crippen molar-refractivity contribution in [3.05, 3.63) is 0 Å². The number of carbonyl (C=O) groups excluding carboxylic acids is 1. The molecule has 2 nitrogen and oxygen atoms in total. The standard InChI is InChI=1S/C11H23NO/c1-9(2)7-6-8-10(13)11(3,4)12-5/h9,12H,6-8H2,1-5H3. The Labute approximate surface area is 82.1 Å². The van der Waals surface area contributed by atoms with E-state index in [9.17, 15) is 4.79 Å². The van der Waals surface area contributed by atoms with Gasteiger partial charge in [0.05, 0.1) is 5.54 Å². The summed E-state index contributed by atoms with van der Waals surface area (Å²) in [4.78, 5) is 11.6. The minimum absolute atomic E-state index is 0.315. The quantitative estimate of drug-likeness (QED) is 0.688. The molecule has 0 atom stereocenters. The van der Waals surface area contributed by atoms with Crippen molar-refractivity contribution in [3.8, 4) is 0 Å². The van der Waals surface area contributed by atoms with Gasteiger partial charge in [0.25, 0.3) is 0 Å². The van der Waals surface area contributed by atoms with E-state index >= 15 is 0 Å². The van der Waals surface area contributed by atoms with Gasteiger partial charge in [-0.1, -0.05) is 20.3 Å². The van der Waals surface area contributed by atoms with Gasteiger partial charge < -0.3 is 5.32 Å². The molecule has 0 unspecified atom stereocenters. The minimum atomic E-state index is -0.350. The van der Waals surface area contributed by atoms with Crippen LogP contribution in [0.2, 0.25) is 0 Å². The maximum atomic E-state index is 11.6. The Morgan fingerprint density at radius 3 is 2.31 bits per heavy atom. The van der Waals surface area contributed by atoms with Gasteiger partial charge in [-0.15, -0.1) is 0 Å². The molecule has 0 aromatic rings. The predicted octanol–water partition coefficient (Wildman–Crippen LogP) is 2.38. The summed E-state index contributed by atoms with van der Waals surface area (Å²) in [5.41, 5.74) is -0.350. The molecule has 0 aromatic heterocycles. The van der Waals surface area contributed by atoms with Crippen molar-refractivity contribution < 1.29 is 4.79 Å². The number of Topliss-reactive ketones (excluding diaryl/α,β-unsaturated/α-hetero) is 1. The third-order valence-corrected chi connectivity index (χ3v) is 2.51. The van der Waals surface area contributed by atoms with Crippen LogP contribution in [0.25, 0.3) is 0 Å². The summed E-state index contributed by atoms with van der Waals surface area (Å²) in [7, 11) is 1.83. The van der Waals surface area contributed by atoms with Gasteiger partial charge in [0.2, 0.25) is 0 Å². The summed E-state index contributed by atoms with van der Waals surface area (Å²) in [5, 5.41) is 3.03. The number of nitrogens with one attached hydrogen (secondary N) is 1. The smallest absolute Gasteiger partial charge is 0.152 e. The number of carbonyl (C=O) groups is 1. The largest absolute Gasteiger partial charge is 0.308 e. The molecule has 0 aliphatic heterocycles. The lowest BCUT2D eigenvalue weighted by Crippen LogP contribution is -2.44. The Balaban J connectivity index is 3.75. The van der Waals surface area contributed by atoms with Gasteiger partial charge in [0.15, 0.2) is 5.78 Å². The van der Waals surface area contributed by atoms with Crippen LogP contribution in [0.5, 0.6) is 0 Å². The van der Waals surface area contributed by atoms with Crippen LogP contribution in [-0.4, -0.2) is 18.4 Å². The van der Waals surface area contributed by atoms with Gasteiger partial charge in [-0.3, -0.25) is 4.79 Å². The molecule has 0 rings (SSSR count). The Bertz CT molecular complexity index is 161. The molecule has 0 fully saturated rings. The van der Waals surface area contributed by atoms with E-state index in [1.807, 2.05) is 20.9 Å². The first-order chi connectivity index (χ1) is 5.90. The Morgan fingerprint density at radius 2 is 1.92 bits per heavy atom. The molecule has 0 spiro atoms. The van der Waals surface area contributed by atoms with Crippen LogP contribution < -0.4 is 5.32 Å². The summed E-state index contributed by atoms with van der Waals surface area (Å²) in [6.07, 6.45) is 2.86. The van der Waals surface area contributed by atoms with E-state index in [0.717, 1.165) is 12.8 Å². The zero-order chi connectivity index (χ0) is 10.5. The van der Waals surface area contributed by atoms with Crippen molar-refractivity contribution >= 4 is 5.78 Å². The van der Waals surface area contributed by atoms with E-state index in [4.69, 9.17) is 0 Å². The molecular formula is C11H23NO. The second-order valence-electron chi connectivity index (χ2n) is 4.58. The van der Waals surface area contributed by atoms with Gasteiger partial charge in [-0.2, -0.15) is 0 Å². The van der Waals surface area contributed by atoms with Crippen LogP contribution in [0.1, 0.15) is 47.0 Å². The van der Waals surface area contributed by atoms with Crippen molar-refractivity contribution in [2.45, 2.75) is 52.5 Å². The summed E-state index contributed by atoms with van der Waals surface area (Å²) >= 11 is 0. The highest BCUT2D eigenvalue weighted by molar-refractivity contribution is 5.87. The van der Waals surface area contributed by atoms with Gasteiger partial charge in [-0.05, 0) is 33.2 Å². The van der Waals surface area contributed by atoms with Crippen LogP contribution in [0.15, 0.2) is 0 Å². The van der Waals surface area contributed by atoms with E-state index in [-0.39, 0.29) is 5.54 Å². The Morgan fingerprint density at radius 1 is 1.38 bits per heavy atom. The molecule has 0 heterocycles. The van der Waals surface area contributed by atoms with Crippen molar-refractivity contribution in [1.82, 2.24) is 5.32 Å². The third kappa shape index (κ3) is 5.04. The minimum Gasteiger partial charge on any atom is -0.308 e. The first kappa shape index (κ1) is 12.6. The van der Waals surface area contributed by atoms with E-state index in [2.05, 4.69) is 19.2 Å². The average Bonchev–Trinajstić information content (AvgIpc) is 2.03. The molecule has 1 N–H and O–H groups in total. The second-order valence-corrected chi connectivity index (χ2v) is 4.58. The summed E-state index contributed by atoms with van der Waals surface area (Å²) in [6.45, 7) is 8.25. The third-order valence-electron chi connectivity index (χ3n) is 2.51.